The van der Waals surface area contributed by atoms with Crippen LogP contribution in [0.25, 0.3) is 0 Å². The summed E-state index contributed by atoms with van der Waals surface area (Å²) in [5.74, 6) is -0.164. The van der Waals surface area contributed by atoms with Crippen molar-refractivity contribution >= 4 is 11.6 Å². The smallest absolute Gasteiger partial charge is 0.256 e. The van der Waals surface area contributed by atoms with Crippen molar-refractivity contribution in [2.24, 2.45) is 0 Å². The highest BCUT2D eigenvalue weighted by Crippen LogP contribution is 2.16. The fourth-order valence-corrected chi connectivity index (χ4v) is 1.37. The van der Waals surface area contributed by atoms with Gasteiger partial charge in [0, 0.05) is 12.7 Å². The Bertz CT molecular complexity index is 391. The predicted octanol–water partition coefficient (Wildman–Crippen LogP) is 1.03. The highest BCUT2D eigenvalue weighted by molar-refractivity contribution is 5.99. The molecular formula is C12H18N2O2. The predicted molar refractivity (Wildman–Crippen MR) is 64.2 cm³/mol. The topological polar surface area (TPSA) is 66.6 Å². The van der Waals surface area contributed by atoms with Gasteiger partial charge in [-0.05, 0) is 26.0 Å². The first kappa shape index (κ1) is 12.5. The van der Waals surface area contributed by atoms with Crippen LogP contribution in [0.15, 0.2) is 18.2 Å². The van der Waals surface area contributed by atoms with Crippen molar-refractivity contribution in [3.63, 3.8) is 0 Å². The van der Waals surface area contributed by atoms with Gasteiger partial charge in [0.15, 0.2) is 0 Å². The molecule has 0 saturated carbocycles. The highest BCUT2D eigenvalue weighted by atomic mass is 16.3. The lowest BCUT2D eigenvalue weighted by atomic mass is 10.1. The summed E-state index contributed by atoms with van der Waals surface area (Å²) in [6.45, 7) is 3.63. The van der Waals surface area contributed by atoms with Gasteiger partial charge in [-0.15, -0.1) is 0 Å². The molecule has 0 saturated heterocycles. The molecular weight excluding hydrogens is 204 g/mol. The van der Waals surface area contributed by atoms with E-state index in [4.69, 9.17) is 10.8 Å². The molecule has 0 bridgehead atoms. The summed E-state index contributed by atoms with van der Waals surface area (Å²) in [4.78, 5) is 13.5. The van der Waals surface area contributed by atoms with E-state index < -0.39 is 0 Å². The molecule has 0 aromatic heterocycles. The normalized spacial score (nSPS) is 12.2. The molecule has 1 aromatic rings. The number of rotatable bonds is 3. The number of nitrogens with zero attached hydrogens (tertiary/aromatic N) is 1. The van der Waals surface area contributed by atoms with Gasteiger partial charge in [0.2, 0.25) is 0 Å². The Morgan fingerprint density at radius 2 is 2.19 bits per heavy atom. The number of nitrogens with two attached hydrogens (primary N) is 1. The molecule has 0 aliphatic carbocycles. The number of likely N-dealkylation sites (N-methyl/N-ethyl adjacent to an activating group) is 1. The standard InChI is InChI=1S/C12H18N2O2/c1-8-4-5-11(13)10(6-8)12(16)14(3)9(2)7-15/h4-6,9,15H,7,13H2,1-3H3. The van der Waals surface area contributed by atoms with Crippen LogP contribution in [0.1, 0.15) is 22.8 Å². The zero-order chi connectivity index (χ0) is 12.3. The molecule has 0 fully saturated rings. The Labute approximate surface area is 95.7 Å². The van der Waals surface area contributed by atoms with E-state index >= 15 is 0 Å². The zero-order valence-electron chi connectivity index (χ0n) is 9.90. The van der Waals surface area contributed by atoms with Gasteiger partial charge in [0.05, 0.1) is 18.2 Å². The van der Waals surface area contributed by atoms with E-state index in [-0.39, 0.29) is 18.6 Å². The third-order valence-electron chi connectivity index (χ3n) is 2.68. The van der Waals surface area contributed by atoms with Gasteiger partial charge in [-0.2, -0.15) is 0 Å². The molecule has 0 aliphatic rings. The Kier molecular flexibility index (Phi) is 3.90. The molecule has 0 spiro atoms. The second-order valence-electron chi connectivity index (χ2n) is 4.04. The van der Waals surface area contributed by atoms with Gasteiger partial charge >= 0.3 is 0 Å². The molecule has 1 rings (SSSR count). The molecule has 1 unspecified atom stereocenters. The molecule has 4 nitrogen and oxygen atoms in total. The number of hydrogen-bond donors (Lipinski definition) is 2. The minimum Gasteiger partial charge on any atom is -0.398 e. The zero-order valence-corrected chi connectivity index (χ0v) is 9.90. The Hall–Kier alpha value is -1.55. The average molecular weight is 222 g/mol. The highest BCUT2D eigenvalue weighted by Gasteiger charge is 2.18. The van der Waals surface area contributed by atoms with E-state index in [0.717, 1.165) is 5.56 Å². The van der Waals surface area contributed by atoms with Gasteiger partial charge in [0.1, 0.15) is 0 Å². The molecule has 3 N–H and O–H groups in total. The SMILES string of the molecule is Cc1ccc(N)c(C(=O)N(C)C(C)CO)c1. The van der Waals surface area contributed by atoms with E-state index in [9.17, 15) is 4.79 Å². The first-order valence-corrected chi connectivity index (χ1v) is 5.21. The summed E-state index contributed by atoms with van der Waals surface area (Å²) >= 11 is 0. The van der Waals surface area contributed by atoms with Crippen LogP contribution >= 0.6 is 0 Å². The summed E-state index contributed by atoms with van der Waals surface area (Å²) in [5, 5.41) is 9.00. The van der Waals surface area contributed by atoms with E-state index in [0.29, 0.717) is 11.3 Å². The molecule has 88 valence electrons. The first-order valence-electron chi connectivity index (χ1n) is 5.21. The Morgan fingerprint density at radius 1 is 1.56 bits per heavy atom. The lowest BCUT2D eigenvalue weighted by Crippen LogP contribution is -2.37. The molecule has 1 aromatic carbocycles. The molecule has 1 atom stereocenters. The number of hydrogen-bond acceptors (Lipinski definition) is 3. The lowest BCUT2D eigenvalue weighted by Gasteiger charge is -2.23. The fraction of sp³-hybridized carbons (Fsp3) is 0.417. The quantitative estimate of drug-likeness (QED) is 0.751. The van der Waals surface area contributed by atoms with Crippen LogP contribution in [0.3, 0.4) is 0 Å². The number of carbonyl (C=O) groups excluding carboxylic acids is 1. The van der Waals surface area contributed by atoms with Gasteiger partial charge in [0.25, 0.3) is 5.91 Å². The lowest BCUT2D eigenvalue weighted by molar-refractivity contribution is 0.0683. The van der Waals surface area contributed by atoms with Crippen LogP contribution in [0.4, 0.5) is 5.69 Å². The van der Waals surface area contributed by atoms with Crippen LogP contribution < -0.4 is 5.73 Å². The molecule has 4 heteroatoms. The van der Waals surface area contributed by atoms with Crippen LogP contribution in [0.2, 0.25) is 0 Å². The van der Waals surface area contributed by atoms with Crippen molar-refractivity contribution in [3.05, 3.63) is 29.3 Å². The second-order valence-corrected chi connectivity index (χ2v) is 4.04. The summed E-state index contributed by atoms with van der Waals surface area (Å²) < 4.78 is 0. The monoisotopic (exact) mass is 222 g/mol. The number of aliphatic hydroxyl groups is 1. The maximum atomic E-state index is 12.1. The fourth-order valence-electron chi connectivity index (χ4n) is 1.37. The van der Waals surface area contributed by atoms with E-state index in [1.807, 2.05) is 13.0 Å². The van der Waals surface area contributed by atoms with Crippen molar-refractivity contribution in [1.29, 1.82) is 0 Å². The number of nitrogen functional groups attached to an aromatic ring is 1. The van der Waals surface area contributed by atoms with E-state index in [1.165, 1.54) is 4.90 Å². The van der Waals surface area contributed by atoms with E-state index in [1.54, 1.807) is 26.1 Å². The Balaban J connectivity index is 3.00. The molecule has 1 amide bonds. The van der Waals surface area contributed by atoms with Crippen LogP contribution in [0.5, 0.6) is 0 Å². The molecule has 16 heavy (non-hydrogen) atoms. The molecule has 0 radical (unpaired) electrons. The summed E-state index contributed by atoms with van der Waals surface area (Å²) in [6.07, 6.45) is 0. The molecule has 0 heterocycles. The van der Waals surface area contributed by atoms with Crippen molar-refractivity contribution in [2.75, 3.05) is 19.4 Å². The third kappa shape index (κ3) is 2.52. The number of benzene rings is 1. The van der Waals surface area contributed by atoms with Crippen LogP contribution in [0, 0.1) is 6.92 Å². The number of carbonyl (C=O) groups is 1. The number of anilines is 1. The summed E-state index contributed by atoms with van der Waals surface area (Å²) in [5.41, 5.74) is 7.70. The van der Waals surface area contributed by atoms with Crippen molar-refractivity contribution < 1.29 is 9.90 Å². The Morgan fingerprint density at radius 3 is 2.75 bits per heavy atom. The summed E-state index contributed by atoms with van der Waals surface area (Å²) in [7, 11) is 1.66. The van der Waals surface area contributed by atoms with Crippen molar-refractivity contribution in [2.45, 2.75) is 19.9 Å². The maximum absolute atomic E-state index is 12.1. The van der Waals surface area contributed by atoms with Gasteiger partial charge < -0.3 is 15.7 Å². The third-order valence-corrected chi connectivity index (χ3v) is 2.68. The van der Waals surface area contributed by atoms with Crippen molar-refractivity contribution in [1.82, 2.24) is 4.90 Å². The number of aliphatic hydroxyl groups excluding tert-OH is 1. The van der Waals surface area contributed by atoms with Gasteiger partial charge in [-0.3, -0.25) is 4.79 Å². The van der Waals surface area contributed by atoms with Crippen LogP contribution in [-0.4, -0.2) is 35.6 Å². The summed E-state index contributed by atoms with van der Waals surface area (Å²) in [6, 6.07) is 5.13. The van der Waals surface area contributed by atoms with E-state index in [2.05, 4.69) is 0 Å². The maximum Gasteiger partial charge on any atom is 0.256 e. The largest absolute Gasteiger partial charge is 0.398 e. The van der Waals surface area contributed by atoms with Gasteiger partial charge in [-0.25, -0.2) is 0 Å². The number of aryl methyl sites for hydroxylation is 1. The number of amides is 1. The van der Waals surface area contributed by atoms with Gasteiger partial charge in [-0.1, -0.05) is 11.6 Å². The van der Waals surface area contributed by atoms with Crippen LogP contribution in [-0.2, 0) is 0 Å². The van der Waals surface area contributed by atoms with Crippen molar-refractivity contribution in [3.8, 4) is 0 Å². The average Bonchev–Trinajstić information content (AvgIpc) is 2.29. The first-order chi connectivity index (χ1) is 7.47. The second kappa shape index (κ2) is 4.99. The molecule has 0 aliphatic heterocycles. The minimum atomic E-state index is -0.215. The minimum absolute atomic E-state index is 0.0615.